The third-order valence-corrected chi connectivity index (χ3v) is 4.71. The maximum atomic E-state index is 12.2. The Hall–Kier alpha value is -1.56. The van der Waals surface area contributed by atoms with Gasteiger partial charge in [-0.05, 0) is 30.8 Å². The van der Waals surface area contributed by atoms with Crippen LogP contribution in [0.15, 0.2) is 11.1 Å². The summed E-state index contributed by atoms with van der Waals surface area (Å²) < 4.78 is 5.55. The Bertz CT molecular complexity index is 465. The summed E-state index contributed by atoms with van der Waals surface area (Å²) in [4.78, 5) is 23.0. The number of terminal acetylenes is 1. The van der Waals surface area contributed by atoms with E-state index in [0.717, 1.165) is 17.4 Å². The van der Waals surface area contributed by atoms with Crippen molar-refractivity contribution in [1.82, 2.24) is 0 Å². The van der Waals surface area contributed by atoms with E-state index in [9.17, 15) is 9.59 Å². The van der Waals surface area contributed by atoms with Gasteiger partial charge in [-0.3, -0.25) is 4.79 Å². The van der Waals surface area contributed by atoms with E-state index in [0.29, 0.717) is 12.3 Å². The van der Waals surface area contributed by atoms with Crippen molar-refractivity contribution in [3.8, 4) is 12.3 Å². The molecule has 0 amide bonds. The molecule has 3 nitrogen and oxygen atoms in total. The van der Waals surface area contributed by atoms with Gasteiger partial charge in [-0.2, -0.15) is 0 Å². The summed E-state index contributed by atoms with van der Waals surface area (Å²) >= 11 is 0. The topological polar surface area (TPSA) is 43.4 Å². The maximum Gasteiger partial charge on any atom is 0.310 e. The lowest BCUT2D eigenvalue weighted by molar-refractivity contribution is -0.150. The first-order valence-electron chi connectivity index (χ1n) is 7.01. The molecule has 1 rings (SSSR count). The summed E-state index contributed by atoms with van der Waals surface area (Å²) in [5, 5.41) is 0. The second-order valence-corrected chi connectivity index (χ2v) is 6.26. The van der Waals surface area contributed by atoms with E-state index in [-0.39, 0.29) is 23.7 Å². The van der Waals surface area contributed by atoms with Gasteiger partial charge in [0.25, 0.3) is 0 Å². The molecule has 1 aliphatic carbocycles. The quantitative estimate of drug-likeness (QED) is 0.324. The smallest absolute Gasteiger partial charge is 0.310 e. The predicted octanol–water partition coefficient (Wildman–Crippen LogP) is 3.14. The molecule has 1 fully saturated rings. The summed E-state index contributed by atoms with van der Waals surface area (Å²) in [5.41, 5.74) is 1.86. The van der Waals surface area contributed by atoms with Crippen molar-refractivity contribution < 1.29 is 14.3 Å². The third-order valence-electron chi connectivity index (χ3n) is 4.71. The van der Waals surface area contributed by atoms with Gasteiger partial charge in [0.05, 0.1) is 5.92 Å². The second kappa shape index (κ2) is 6.26. The van der Waals surface area contributed by atoms with Crippen LogP contribution in [0.3, 0.4) is 0 Å². The fourth-order valence-electron chi connectivity index (χ4n) is 2.58. The molecule has 20 heavy (non-hydrogen) atoms. The summed E-state index contributed by atoms with van der Waals surface area (Å²) in [5.74, 6) is 2.61. The van der Waals surface area contributed by atoms with Crippen LogP contribution in [0, 0.1) is 29.6 Å². The fourth-order valence-corrected chi connectivity index (χ4v) is 2.58. The normalized spacial score (nSPS) is 26.0. The molecule has 0 aromatic rings. The Morgan fingerprint density at radius 3 is 2.40 bits per heavy atom. The van der Waals surface area contributed by atoms with Crippen molar-refractivity contribution in [2.75, 3.05) is 0 Å². The molecule has 1 saturated carbocycles. The summed E-state index contributed by atoms with van der Waals surface area (Å²) in [7, 11) is 0. The summed E-state index contributed by atoms with van der Waals surface area (Å²) in [6.45, 7) is 9.95. The number of carbonyl (C=O) groups excluding carboxylic acids is 2. The van der Waals surface area contributed by atoms with Crippen LogP contribution in [0.1, 0.15) is 47.5 Å². The molecular weight excluding hydrogens is 252 g/mol. The van der Waals surface area contributed by atoms with Crippen LogP contribution in [0.4, 0.5) is 0 Å². The first-order chi connectivity index (χ1) is 9.27. The molecule has 3 atom stereocenters. The Kier molecular flexibility index (Phi) is 5.16. The van der Waals surface area contributed by atoms with Crippen LogP contribution in [-0.2, 0) is 14.3 Å². The lowest BCUT2D eigenvalue weighted by atomic mass is 10.0. The van der Waals surface area contributed by atoms with Crippen molar-refractivity contribution in [3.05, 3.63) is 11.1 Å². The average Bonchev–Trinajstić information content (AvgIpc) is 2.87. The second-order valence-electron chi connectivity index (χ2n) is 6.26. The maximum absolute atomic E-state index is 12.2. The molecule has 0 aromatic carbocycles. The minimum Gasteiger partial charge on any atom is -0.457 e. The molecular formula is C17H24O3. The molecule has 3 heteroatoms. The van der Waals surface area contributed by atoms with E-state index in [2.05, 4.69) is 19.8 Å². The Morgan fingerprint density at radius 2 is 2.00 bits per heavy atom. The van der Waals surface area contributed by atoms with Gasteiger partial charge in [0.1, 0.15) is 12.4 Å². The van der Waals surface area contributed by atoms with Crippen LogP contribution >= 0.6 is 0 Å². The highest BCUT2D eigenvalue weighted by molar-refractivity contribution is 5.78. The molecule has 1 aliphatic rings. The van der Waals surface area contributed by atoms with Crippen molar-refractivity contribution in [3.63, 3.8) is 0 Å². The molecule has 0 N–H and O–H groups in total. The minimum atomic E-state index is -0.489. The molecule has 110 valence electrons. The van der Waals surface area contributed by atoms with E-state index >= 15 is 0 Å². The summed E-state index contributed by atoms with van der Waals surface area (Å²) in [6.07, 6.45) is 6.27. The van der Waals surface area contributed by atoms with Crippen molar-refractivity contribution >= 4 is 12.3 Å². The Labute approximate surface area is 121 Å². The van der Waals surface area contributed by atoms with Crippen molar-refractivity contribution in [2.45, 2.75) is 53.6 Å². The van der Waals surface area contributed by atoms with Gasteiger partial charge in [0.2, 0.25) is 0 Å². The number of allylic oxidation sites excluding steroid dienone is 1. The van der Waals surface area contributed by atoms with Crippen LogP contribution in [-0.4, -0.2) is 18.4 Å². The van der Waals surface area contributed by atoms with E-state index in [1.54, 1.807) is 0 Å². The minimum absolute atomic E-state index is 0.00566. The van der Waals surface area contributed by atoms with Gasteiger partial charge >= 0.3 is 5.97 Å². The number of hydrogen-bond acceptors (Lipinski definition) is 3. The molecule has 0 aromatic heterocycles. The zero-order valence-electron chi connectivity index (χ0n) is 13.0. The highest BCUT2D eigenvalue weighted by Gasteiger charge is 2.60. The molecule has 3 unspecified atom stereocenters. The van der Waals surface area contributed by atoms with Gasteiger partial charge in [0.15, 0.2) is 0 Å². The molecule has 0 heterocycles. The van der Waals surface area contributed by atoms with E-state index in [1.807, 2.05) is 20.8 Å². The molecule has 0 bridgehead atoms. The van der Waals surface area contributed by atoms with Crippen molar-refractivity contribution in [2.24, 2.45) is 17.3 Å². The van der Waals surface area contributed by atoms with Crippen LogP contribution < -0.4 is 0 Å². The average molecular weight is 276 g/mol. The Morgan fingerprint density at radius 1 is 1.45 bits per heavy atom. The number of hydrogen-bond donors (Lipinski definition) is 0. The number of rotatable bonds is 6. The summed E-state index contributed by atoms with van der Waals surface area (Å²) in [6, 6.07) is 0. The third kappa shape index (κ3) is 3.30. The molecule has 0 spiro atoms. The highest BCUT2D eigenvalue weighted by atomic mass is 16.5. The molecule has 0 radical (unpaired) electrons. The first kappa shape index (κ1) is 16.5. The lowest BCUT2D eigenvalue weighted by Gasteiger charge is -2.19. The van der Waals surface area contributed by atoms with Crippen LogP contribution in [0.5, 0.6) is 0 Å². The highest BCUT2D eigenvalue weighted by Crippen LogP contribution is 2.58. The van der Waals surface area contributed by atoms with Gasteiger partial charge in [-0.15, -0.1) is 12.3 Å². The Balaban J connectivity index is 2.79. The van der Waals surface area contributed by atoms with Gasteiger partial charge in [0, 0.05) is 12.8 Å². The fraction of sp³-hybridized carbons (Fsp3) is 0.647. The van der Waals surface area contributed by atoms with Crippen LogP contribution in [0.2, 0.25) is 0 Å². The number of esters is 1. The number of aldehydes is 1. The van der Waals surface area contributed by atoms with Gasteiger partial charge in [-0.1, -0.05) is 26.3 Å². The standard InChI is InChI=1S/C17H24O3/c1-7-8-11(2)12(3)14(9-10-18)20-16(19)15-13(4)17(15,5)6/h1,10,13-15H,8-9H2,2-6H3/b12-11+. The van der Waals surface area contributed by atoms with E-state index < -0.39 is 6.10 Å². The first-order valence-corrected chi connectivity index (χ1v) is 7.01. The monoisotopic (exact) mass is 276 g/mol. The molecule has 0 aliphatic heterocycles. The largest absolute Gasteiger partial charge is 0.457 e. The lowest BCUT2D eigenvalue weighted by Crippen LogP contribution is -2.23. The van der Waals surface area contributed by atoms with Crippen molar-refractivity contribution in [1.29, 1.82) is 0 Å². The number of carbonyl (C=O) groups is 2. The zero-order valence-corrected chi connectivity index (χ0v) is 13.0. The zero-order chi connectivity index (χ0) is 15.5. The van der Waals surface area contributed by atoms with E-state index in [1.165, 1.54) is 0 Å². The predicted molar refractivity (Wildman–Crippen MR) is 78.8 cm³/mol. The molecule has 0 saturated heterocycles. The van der Waals surface area contributed by atoms with Crippen LogP contribution in [0.25, 0.3) is 0 Å². The van der Waals surface area contributed by atoms with Gasteiger partial charge in [-0.25, -0.2) is 0 Å². The van der Waals surface area contributed by atoms with E-state index in [4.69, 9.17) is 11.2 Å². The SMILES string of the molecule is C#CC/C(C)=C(\C)C(CC=O)OC(=O)C1C(C)C1(C)C. The van der Waals surface area contributed by atoms with Gasteiger partial charge < -0.3 is 9.53 Å². The number of ether oxygens (including phenoxy) is 1.